The van der Waals surface area contributed by atoms with Crippen molar-refractivity contribution in [3.63, 3.8) is 0 Å². The van der Waals surface area contributed by atoms with Crippen LogP contribution in [0, 0.1) is 3.95 Å². The van der Waals surface area contributed by atoms with Crippen LogP contribution in [0.3, 0.4) is 0 Å². The molecule has 0 unspecified atom stereocenters. The van der Waals surface area contributed by atoms with Crippen LogP contribution >= 0.6 is 35.3 Å². The summed E-state index contributed by atoms with van der Waals surface area (Å²) in [6.45, 7) is 2.90. The Morgan fingerprint density at radius 3 is 2.89 bits per heavy atom. The fraction of sp³-hybridized carbons (Fsp3) is 0.368. The first kappa shape index (κ1) is 19.4. The highest BCUT2D eigenvalue weighted by Gasteiger charge is 2.23. The molecule has 1 atom stereocenters. The van der Waals surface area contributed by atoms with Crippen LogP contribution in [0.25, 0.3) is 16.0 Å². The molecule has 0 aliphatic carbocycles. The Morgan fingerprint density at radius 1 is 1.36 bits per heavy atom. The quantitative estimate of drug-likeness (QED) is 0.383. The highest BCUT2D eigenvalue weighted by atomic mass is 32.2. The van der Waals surface area contributed by atoms with Crippen LogP contribution in [0.4, 0.5) is 0 Å². The van der Waals surface area contributed by atoms with Crippen LogP contribution < -0.4 is 5.56 Å². The number of carbonyl (C=O) groups excluding carboxylic acids is 1. The Kier molecular flexibility index (Phi) is 5.65. The second kappa shape index (κ2) is 8.18. The zero-order valence-electron chi connectivity index (χ0n) is 15.4. The fourth-order valence-electron chi connectivity index (χ4n) is 3.45. The molecule has 6 nitrogen and oxygen atoms in total. The molecule has 28 heavy (non-hydrogen) atoms. The van der Waals surface area contributed by atoms with E-state index in [0.29, 0.717) is 19.5 Å². The molecule has 1 saturated heterocycles. The maximum absolute atomic E-state index is 12.6. The Morgan fingerprint density at radius 2 is 2.14 bits per heavy atom. The maximum Gasteiger partial charge on any atom is 0.271 e. The lowest BCUT2D eigenvalue weighted by molar-refractivity contribution is -0.131. The van der Waals surface area contributed by atoms with E-state index in [-0.39, 0.29) is 23.3 Å². The number of thiazole rings is 1. The van der Waals surface area contributed by atoms with E-state index >= 15 is 0 Å². The highest BCUT2D eigenvalue weighted by molar-refractivity contribution is 7.99. The van der Waals surface area contributed by atoms with Crippen molar-refractivity contribution in [3.8, 4) is 5.69 Å². The largest absolute Gasteiger partial charge is 0.339 e. The number of carbonyl (C=O) groups is 1. The average molecular weight is 433 g/mol. The van der Waals surface area contributed by atoms with Crippen molar-refractivity contribution in [2.75, 3.05) is 12.3 Å². The predicted octanol–water partition coefficient (Wildman–Crippen LogP) is 4.00. The first-order chi connectivity index (χ1) is 13.5. The molecule has 1 aromatic carbocycles. The smallest absolute Gasteiger partial charge is 0.271 e. The molecule has 0 spiro atoms. The monoisotopic (exact) mass is 432 g/mol. The van der Waals surface area contributed by atoms with E-state index in [1.807, 2.05) is 39.8 Å². The molecule has 4 rings (SSSR count). The maximum atomic E-state index is 12.6. The number of benzene rings is 1. The van der Waals surface area contributed by atoms with E-state index in [4.69, 9.17) is 12.2 Å². The molecule has 1 aliphatic rings. The normalized spacial score (nSPS) is 17.2. The minimum absolute atomic E-state index is 0.0881. The molecule has 0 bridgehead atoms. The summed E-state index contributed by atoms with van der Waals surface area (Å²) in [6, 6.07) is 9.90. The Labute approximate surface area is 175 Å². The van der Waals surface area contributed by atoms with Gasteiger partial charge in [-0.2, -0.15) is 0 Å². The van der Waals surface area contributed by atoms with Gasteiger partial charge in [0, 0.05) is 18.3 Å². The number of amides is 1. The number of aromatic nitrogens is 3. The fourth-order valence-corrected chi connectivity index (χ4v) is 5.46. The number of hydrogen-bond donors (Lipinski definition) is 1. The summed E-state index contributed by atoms with van der Waals surface area (Å²) in [4.78, 5) is 34.5. The van der Waals surface area contributed by atoms with Gasteiger partial charge in [0.15, 0.2) is 14.8 Å². The van der Waals surface area contributed by atoms with Gasteiger partial charge in [-0.05, 0) is 50.5 Å². The van der Waals surface area contributed by atoms with E-state index in [0.717, 1.165) is 25.1 Å². The van der Waals surface area contributed by atoms with Gasteiger partial charge < -0.3 is 9.88 Å². The average Bonchev–Trinajstić information content (AvgIpc) is 3.03. The molecular weight excluding hydrogens is 412 g/mol. The summed E-state index contributed by atoms with van der Waals surface area (Å²) in [5.74, 6) is 0.347. The minimum Gasteiger partial charge on any atom is -0.339 e. The van der Waals surface area contributed by atoms with Crippen molar-refractivity contribution in [3.05, 3.63) is 44.6 Å². The summed E-state index contributed by atoms with van der Waals surface area (Å²) >= 11 is 7.97. The second-order valence-corrected chi connectivity index (χ2v) is 9.39. The summed E-state index contributed by atoms with van der Waals surface area (Å²) in [5, 5.41) is 0.438. The molecule has 3 aromatic rings. The van der Waals surface area contributed by atoms with Crippen LogP contribution in [0.2, 0.25) is 0 Å². The van der Waals surface area contributed by atoms with Crippen molar-refractivity contribution >= 4 is 51.6 Å². The number of likely N-dealkylation sites (tertiary alicyclic amines) is 1. The number of H-pyrrole nitrogens is 1. The van der Waals surface area contributed by atoms with Gasteiger partial charge in [0.05, 0.1) is 5.75 Å². The molecule has 1 N–H and O–H groups in total. The van der Waals surface area contributed by atoms with Crippen molar-refractivity contribution in [2.24, 2.45) is 0 Å². The van der Waals surface area contributed by atoms with Crippen LogP contribution in [0.1, 0.15) is 26.2 Å². The lowest BCUT2D eigenvalue weighted by atomic mass is 10.0. The number of nitrogens with one attached hydrogen (secondary N) is 1. The van der Waals surface area contributed by atoms with E-state index in [2.05, 4.69) is 16.9 Å². The third-order valence-electron chi connectivity index (χ3n) is 4.89. The number of thioether (sulfide) groups is 1. The standard InChI is InChI=1S/C19H20N4O2S3/c1-12-7-5-6-10-22(12)14(24)11-27-18-20-16-15(17(25)21-18)28-19(26)23(16)13-8-3-2-4-9-13/h2-4,8-9,12H,5-7,10-11H2,1H3,(H,20,21,25)/t12-/m0/s1. The SMILES string of the molecule is C[C@H]1CCCCN1C(=O)CSc1nc2c(sc(=S)n2-c2ccccc2)c(=O)[nH]1. The Balaban J connectivity index is 1.63. The highest BCUT2D eigenvalue weighted by Crippen LogP contribution is 2.25. The molecule has 1 aliphatic heterocycles. The third-order valence-corrected chi connectivity index (χ3v) is 7.11. The first-order valence-electron chi connectivity index (χ1n) is 9.18. The van der Waals surface area contributed by atoms with Crippen molar-refractivity contribution in [1.29, 1.82) is 0 Å². The van der Waals surface area contributed by atoms with Gasteiger partial charge in [0.2, 0.25) is 5.91 Å². The Hall–Kier alpha value is -1.97. The lowest BCUT2D eigenvalue weighted by Gasteiger charge is -2.33. The topological polar surface area (TPSA) is 71.0 Å². The van der Waals surface area contributed by atoms with Gasteiger partial charge in [0.25, 0.3) is 5.56 Å². The van der Waals surface area contributed by atoms with Gasteiger partial charge in [0.1, 0.15) is 4.70 Å². The third kappa shape index (κ3) is 3.78. The van der Waals surface area contributed by atoms with Gasteiger partial charge in [-0.25, -0.2) is 4.98 Å². The number of nitrogens with zero attached hydrogens (tertiary/aromatic N) is 3. The van der Waals surface area contributed by atoms with E-state index in [1.54, 1.807) is 0 Å². The van der Waals surface area contributed by atoms with Crippen LogP contribution in [0.15, 0.2) is 40.3 Å². The Bertz CT molecular complexity index is 1120. The molecule has 2 aromatic heterocycles. The van der Waals surface area contributed by atoms with Gasteiger partial charge in [-0.15, -0.1) is 0 Å². The zero-order chi connectivity index (χ0) is 19.7. The van der Waals surface area contributed by atoms with E-state index < -0.39 is 0 Å². The summed E-state index contributed by atoms with van der Waals surface area (Å²) in [7, 11) is 0. The molecule has 1 fully saturated rings. The number of fused-ring (bicyclic) bond motifs is 1. The first-order valence-corrected chi connectivity index (χ1v) is 11.4. The van der Waals surface area contributed by atoms with Gasteiger partial charge in [-0.3, -0.25) is 14.2 Å². The number of piperidine rings is 1. The van der Waals surface area contributed by atoms with Crippen molar-refractivity contribution in [2.45, 2.75) is 37.4 Å². The molecule has 146 valence electrons. The lowest BCUT2D eigenvalue weighted by Crippen LogP contribution is -2.43. The van der Waals surface area contributed by atoms with Crippen LogP contribution in [0.5, 0.6) is 0 Å². The van der Waals surface area contributed by atoms with E-state index in [1.165, 1.54) is 29.5 Å². The van der Waals surface area contributed by atoms with Crippen molar-refractivity contribution < 1.29 is 4.79 Å². The molecule has 9 heteroatoms. The predicted molar refractivity (Wildman–Crippen MR) is 116 cm³/mol. The minimum atomic E-state index is -0.225. The molecule has 0 radical (unpaired) electrons. The van der Waals surface area contributed by atoms with Crippen molar-refractivity contribution in [1.82, 2.24) is 19.4 Å². The van der Waals surface area contributed by atoms with Crippen LogP contribution in [-0.2, 0) is 4.79 Å². The number of rotatable bonds is 4. The molecule has 1 amide bonds. The number of aromatic amines is 1. The van der Waals surface area contributed by atoms with Crippen LogP contribution in [-0.4, -0.2) is 43.7 Å². The molecule has 0 saturated carbocycles. The second-order valence-electron chi connectivity index (χ2n) is 6.78. The molecule has 3 heterocycles. The summed E-state index contributed by atoms with van der Waals surface area (Å²) < 4.78 is 2.87. The van der Waals surface area contributed by atoms with Gasteiger partial charge >= 0.3 is 0 Å². The van der Waals surface area contributed by atoms with Gasteiger partial charge in [-0.1, -0.05) is 41.3 Å². The zero-order valence-corrected chi connectivity index (χ0v) is 17.8. The van der Waals surface area contributed by atoms with E-state index in [9.17, 15) is 9.59 Å². The summed E-state index contributed by atoms with van der Waals surface area (Å²) in [5.41, 5.74) is 1.18. The molecular formula is C19H20N4O2S3. The number of hydrogen-bond acceptors (Lipinski definition) is 6. The number of para-hydroxylation sites is 1. The summed E-state index contributed by atoms with van der Waals surface area (Å²) in [6.07, 6.45) is 3.27.